The molecule has 1 heterocycles. The summed E-state index contributed by atoms with van der Waals surface area (Å²) < 4.78 is 0. The topological polar surface area (TPSA) is 488 Å². The molecule has 0 aromatic rings. The Hall–Kier alpha value is -5.62. The van der Waals surface area contributed by atoms with Gasteiger partial charge in [-0.05, 0) is 104 Å². The van der Waals surface area contributed by atoms with Gasteiger partial charge in [0.05, 0.1) is 18.2 Å². The highest BCUT2D eigenvalue weighted by Gasteiger charge is 2.37. The summed E-state index contributed by atoms with van der Waals surface area (Å²) in [7, 11) is 0. The second-order valence-electron chi connectivity index (χ2n) is 17.9. The van der Waals surface area contributed by atoms with Crippen LogP contribution in [0.1, 0.15) is 92.4 Å². The average molecular weight is 1020 g/mol. The van der Waals surface area contributed by atoms with Gasteiger partial charge < -0.3 is 97.8 Å². The summed E-state index contributed by atoms with van der Waals surface area (Å²) in [6.45, 7) is 6.76. The summed E-state index contributed by atoms with van der Waals surface area (Å²) in [6.07, 6.45) is -3.54. The van der Waals surface area contributed by atoms with Gasteiger partial charge in [-0.3, -0.25) is 47.9 Å². The standard InChI is InChI=1S/C43H82N16O12/c1-6-7-25-35(63)52-26(9-15-45)36(64)54-29(12-18-48)40(68)59-32(22(4)60)42(70)50-19-13-30(39(67)53-27(10-16-46)38(66)57-31(20-21(2)3)41(69)51-25)55-37(65)28(11-17-47)56-43(71)33(23(5)61)58-34(62)24(49)8-14-44/h21-33,60-61H,6-20,44-49H2,1-5H3,(H,50,70)(H,51,69)(H,52,63)(H,53,67)(H,54,64)(H,55,65)(H,56,71)(H,57,66)(H,58,62)(H,59,68)/t22-,23-,24+,25+,26+,27+,28+,29+,30+,31-,32+,33+/m1/s1. The van der Waals surface area contributed by atoms with Gasteiger partial charge in [0, 0.05) is 6.54 Å². The first kappa shape index (κ1) is 63.4. The van der Waals surface area contributed by atoms with E-state index in [4.69, 9.17) is 34.4 Å². The fraction of sp³-hybridized carbons (Fsp3) is 0.767. The molecule has 1 aliphatic heterocycles. The van der Waals surface area contributed by atoms with Crippen LogP contribution < -0.4 is 87.6 Å². The zero-order valence-corrected chi connectivity index (χ0v) is 41.6. The summed E-state index contributed by atoms with van der Waals surface area (Å²) >= 11 is 0. The lowest BCUT2D eigenvalue weighted by atomic mass is 10.0. The molecule has 0 spiro atoms. The number of amides is 10. The quantitative estimate of drug-likeness (QED) is 0.0479. The van der Waals surface area contributed by atoms with E-state index in [9.17, 15) is 58.2 Å². The van der Waals surface area contributed by atoms with Crippen LogP contribution in [0.25, 0.3) is 0 Å². The Labute approximate surface area is 414 Å². The fourth-order valence-corrected chi connectivity index (χ4v) is 7.25. The number of hydrogen-bond donors (Lipinski definition) is 18. The minimum absolute atomic E-state index is 0.0519. The van der Waals surface area contributed by atoms with E-state index in [2.05, 4.69) is 53.2 Å². The van der Waals surface area contributed by atoms with E-state index in [1.54, 1.807) is 20.8 Å². The van der Waals surface area contributed by atoms with Gasteiger partial charge in [0.1, 0.15) is 54.4 Å². The second kappa shape index (κ2) is 33.1. The molecule has 28 nitrogen and oxygen atoms in total. The molecule has 1 fully saturated rings. The number of aliphatic hydroxyl groups is 2. The Morgan fingerprint density at radius 2 is 1.03 bits per heavy atom. The Balaban J connectivity index is 3.86. The van der Waals surface area contributed by atoms with Crippen molar-refractivity contribution in [2.75, 3.05) is 39.3 Å². The lowest BCUT2D eigenvalue weighted by Gasteiger charge is -2.28. The highest BCUT2D eigenvalue weighted by Crippen LogP contribution is 2.10. The Kier molecular flexibility index (Phi) is 29.6. The summed E-state index contributed by atoms with van der Waals surface area (Å²) in [6, 6.07) is -14.1. The van der Waals surface area contributed by atoms with Gasteiger partial charge in [-0.2, -0.15) is 0 Å². The number of hydrogen-bond acceptors (Lipinski definition) is 18. The molecule has 1 rings (SSSR count). The molecule has 28 heteroatoms. The molecule has 71 heavy (non-hydrogen) atoms. The molecular formula is C43H82N16O12. The summed E-state index contributed by atoms with van der Waals surface area (Å²) in [5.74, 6) is -9.20. The molecule has 0 unspecified atom stereocenters. The smallest absolute Gasteiger partial charge is 0.245 e. The van der Waals surface area contributed by atoms with Crippen molar-refractivity contribution >= 4 is 59.1 Å². The van der Waals surface area contributed by atoms with Crippen LogP contribution in [0.5, 0.6) is 0 Å². The van der Waals surface area contributed by atoms with E-state index < -0.39 is 145 Å². The number of aliphatic hydroxyl groups excluding tert-OH is 2. The minimum Gasteiger partial charge on any atom is -0.391 e. The van der Waals surface area contributed by atoms with Crippen molar-refractivity contribution in [2.45, 2.75) is 165 Å². The van der Waals surface area contributed by atoms with Gasteiger partial charge in [-0.1, -0.05) is 27.2 Å². The molecule has 0 aliphatic carbocycles. The third kappa shape index (κ3) is 22.1. The monoisotopic (exact) mass is 1010 g/mol. The molecule has 0 aromatic heterocycles. The predicted octanol–water partition coefficient (Wildman–Crippen LogP) is -8.45. The number of rotatable bonds is 22. The molecule has 12 atom stereocenters. The van der Waals surface area contributed by atoms with E-state index in [1.165, 1.54) is 13.8 Å². The molecular weight excluding hydrogens is 933 g/mol. The first-order chi connectivity index (χ1) is 33.5. The van der Waals surface area contributed by atoms with Crippen LogP contribution in [0.15, 0.2) is 0 Å². The van der Waals surface area contributed by atoms with Crippen LogP contribution in [0.3, 0.4) is 0 Å². The molecule has 0 bridgehead atoms. The third-order valence-corrected chi connectivity index (χ3v) is 11.2. The zero-order valence-electron chi connectivity index (χ0n) is 41.6. The van der Waals surface area contributed by atoms with Crippen molar-refractivity contribution in [2.24, 2.45) is 40.3 Å². The SMILES string of the molecule is CCC[C@@H]1NC(=O)[C@@H](CC(C)C)NC(=O)[C@H](CCN)NC(=O)[C@@H](NC(=O)[C@H](CCN)NC(=O)[C@@H](NC(=O)[C@@H](N)CCN)[C@@H](C)O)CCNC(=O)[C@H]([C@@H](C)O)NC(=O)[C@H](CCN)NC(=O)[C@H](CCN)NC1=O. The Morgan fingerprint density at radius 1 is 0.577 bits per heavy atom. The first-order valence-corrected chi connectivity index (χ1v) is 24.1. The van der Waals surface area contributed by atoms with Gasteiger partial charge in [-0.25, -0.2) is 0 Å². The Bertz CT molecular complexity index is 1770. The normalized spacial score (nSPS) is 24.8. The van der Waals surface area contributed by atoms with Gasteiger partial charge >= 0.3 is 0 Å². The van der Waals surface area contributed by atoms with E-state index >= 15 is 0 Å². The molecule has 1 aliphatic rings. The van der Waals surface area contributed by atoms with Gasteiger partial charge in [0.2, 0.25) is 59.1 Å². The highest BCUT2D eigenvalue weighted by molar-refractivity contribution is 5.99. The number of nitrogens with one attached hydrogen (secondary N) is 10. The molecule has 0 saturated carbocycles. The van der Waals surface area contributed by atoms with Crippen molar-refractivity contribution in [3.63, 3.8) is 0 Å². The summed E-state index contributed by atoms with van der Waals surface area (Å²) in [5, 5.41) is 46.1. The van der Waals surface area contributed by atoms with Crippen LogP contribution in [-0.2, 0) is 47.9 Å². The largest absolute Gasteiger partial charge is 0.391 e. The molecule has 406 valence electrons. The fourth-order valence-electron chi connectivity index (χ4n) is 7.25. The minimum atomic E-state index is -1.66. The van der Waals surface area contributed by atoms with E-state index in [0.29, 0.717) is 6.42 Å². The Morgan fingerprint density at radius 3 is 1.46 bits per heavy atom. The van der Waals surface area contributed by atoms with Crippen molar-refractivity contribution < 1.29 is 58.2 Å². The summed E-state index contributed by atoms with van der Waals surface area (Å²) in [4.78, 5) is 137. The molecule has 10 amide bonds. The van der Waals surface area contributed by atoms with Crippen LogP contribution in [-0.4, -0.2) is 181 Å². The van der Waals surface area contributed by atoms with E-state index in [-0.39, 0.29) is 83.6 Å². The summed E-state index contributed by atoms with van der Waals surface area (Å²) in [5.41, 5.74) is 34.5. The number of carbonyl (C=O) groups excluding carboxylic acids is 10. The highest BCUT2D eigenvalue weighted by atomic mass is 16.3. The number of nitrogens with two attached hydrogens (primary N) is 6. The van der Waals surface area contributed by atoms with Crippen LogP contribution >= 0.6 is 0 Å². The first-order valence-electron chi connectivity index (χ1n) is 24.1. The van der Waals surface area contributed by atoms with Gasteiger partial charge in [0.25, 0.3) is 0 Å². The van der Waals surface area contributed by atoms with Crippen molar-refractivity contribution in [3.8, 4) is 0 Å². The maximum absolute atomic E-state index is 14.2. The predicted molar refractivity (Wildman–Crippen MR) is 259 cm³/mol. The second-order valence-corrected chi connectivity index (χ2v) is 17.9. The zero-order chi connectivity index (χ0) is 54.0. The van der Waals surface area contributed by atoms with Crippen LogP contribution in [0.2, 0.25) is 0 Å². The van der Waals surface area contributed by atoms with Crippen LogP contribution in [0.4, 0.5) is 0 Å². The molecule has 0 radical (unpaired) electrons. The average Bonchev–Trinajstić information content (AvgIpc) is 3.29. The van der Waals surface area contributed by atoms with Crippen molar-refractivity contribution in [3.05, 3.63) is 0 Å². The number of carbonyl (C=O) groups is 10. The third-order valence-electron chi connectivity index (χ3n) is 11.2. The van der Waals surface area contributed by atoms with E-state index in [1.807, 2.05) is 0 Å². The lowest BCUT2D eigenvalue weighted by molar-refractivity contribution is -0.136. The molecule has 0 aromatic carbocycles. The lowest BCUT2D eigenvalue weighted by Crippen LogP contribution is -2.61. The van der Waals surface area contributed by atoms with Crippen LogP contribution in [0, 0.1) is 5.92 Å². The van der Waals surface area contributed by atoms with E-state index in [0.717, 1.165) is 0 Å². The van der Waals surface area contributed by atoms with Crippen molar-refractivity contribution in [1.29, 1.82) is 0 Å². The maximum atomic E-state index is 14.2. The molecule has 24 N–H and O–H groups in total. The molecule has 1 saturated heterocycles. The van der Waals surface area contributed by atoms with Crippen molar-refractivity contribution in [1.82, 2.24) is 53.2 Å². The maximum Gasteiger partial charge on any atom is 0.245 e. The van der Waals surface area contributed by atoms with Gasteiger partial charge in [-0.15, -0.1) is 0 Å². The van der Waals surface area contributed by atoms with Gasteiger partial charge in [0.15, 0.2) is 0 Å².